The predicted molar refractivity (Wildman–Crippen MR) is 144 cm³/mol. The smallest absolute Gasteiger partial charge is 0.310 e. The Morgan fingerprint density at radius 1 is 0.882 bits per heavy atom. The maximum atomic E-state index is 14.2. The summed E-state index contributed by atoms with van der Waals surface area (Å²) >= 11 is 0. The number of benzene rings is 1. The molecular weight excluding hydrogens is 443 g/mol. The molecule has 2 atom stereocenters. The molecule has 0 radical (unpaired) electrons. The lowest BCUT2D eigenvalue weighted by atomic mass is 9.53. The van der Waals surface area contributed by atoms with Crippen LogP contribution in [0.25, 0.3) is 0 Å². The number of carbonyl (C=O) groups is 2. The minimum Gasteiger partial charge on any atom is -0.481 e. The molecule has 1 saturated carbocycles. The van der Waals surface area contributed by atoms with Crippen LogP contribution in [0, 0.1) is 31.6 Å². The van der Waals surface area contributed by atoms with Crippen LogP contribution in [-0.2, 0) is 9.36 Å². The van der Waals surface area contributed by atoms with Gasteiger partial charge in [0.15, 0.2) is 5.78 Å². The fraction of sp³-hybridized carbons (Fsp3) is 0.724. The molecule has 0 saturated heterocycles. The molecule has 1 aromatic carbocycles. The van der Waals surface area contributed by atoms with E-state index in [1.54, 1.807) is 0 Å². The zero-order valence-electron chi connectivity index (χ0n) is 22.3. The van der Waals surface area contributed by atoms with Crippen LogP contribution in [0.4, 0.5) is 0 Å². The molecule has 1 aliphatic rings. The van der Waals surface area contributed by atoms with Crippen molar-refractivity contribution in [1.82, 2.24) is 0 Å². The van der Waals surface area contributed by atoms with Gasteiger partial charge in [0.25, 0.3) is 0 Å². The first-order valence-corrected chi connectivity index (χ1v) is 13.8. The number of unbranched alkanes of at least 4 members (excludes halogenated alkanes) is 7. The van der Waals surface area contributed by atoms with E-state index in [1.165, 1.54) is 41.2 Å². The van der Waals surface area contributed by atoms with E-state index in [0.29, 0.717) is 19.3 Å². The summed E-state index contributed by atoms with van der Waals surface area (Å²) in [6, 6.07) is 4.13. The van der Waals surface area contributed by atoms with Crippen LogP contribution in [0.5, 0.6) is 0 Å². The lowest BCUT2D eigenvalue weighted by molar-refractivity contribution is -0.157. The third kappa shape index (κ3) is 7.23. The SMILES string of the molecule is CCCCCCCCCCC(C)(C(=O)O)C1(C(=O)c2c(C)cc(C)cc2C)CCCCC1.O=[PH2+]. The van der Waals surface area contributed by atoms with Crippen molar-refractivity contribution in [3.05, 3.63) is 34.4 Å². The number of aryl methyl sites for hydroxylation is 3. The molecule has 4 nitrogen and oxygen atoms in total. The molecule has 0 heterocycles. The monoisotopic (exact) mass is 491 g/mol. The molecule has 5 heteroatoms. The summed E-state index contributed by atoms with van der Waals surface area (Å²) in [5.41, 5.74) is 2.06. The van der Waals surface area contributed by atoms with Gasteiger partial charge in [-0.3, -0.25) is 9.59 Å². The van der Waals surface area contributed by atoms with Crippen molar-refractivity contribution in [2.75, 3.05) is 0 Å². The number of carbonyl (C=O) groups excluding carboxylic acids is 1. The van der Waals surface area contributed by atoms with Gasteiger partial charge in [-0.2, -0.15) is 0 Å². The van der Waals surface area contributed by atoms with Crippen LogP contribution in [-0.4, -0.2) is 16.9 Å². The number of hydrogen-bond acceptors (Lipinski definition) is 3. The molecule has 0 aromatic heterocycles. The van der Waals surface area contributed by atoms with Gasteiger partial charge in [-0.05, 0) is 58.1 Å². The van der Waals surface area contributed by atoms with Gasteiger partial charge in [-0.1, -0.05) is 99.8 Å². The Bertz CT molecular complexity index is 774. The Morgan fingerprint density at radius 3 is 1.82 bits per heavy atom. The number of carboxylic acids is 1. The Labute approximate surface area is 209 Å². The standard InChI is InChI=1S/C29H46O3.H2OP/c1-6-7-8-9-10-11-12-14-17-28(5,27(31)32)29(18-15-13-16-19-29)26(30)25-23(3)20-22(2)21-24(25)4;1-2/h20-21H,6-19H2,1-5H3,(H,31,32);2H2/q;+1. The second-order valence-corrected chi connectivity index (χ2v) is 10.6. The molecule has 192 valence electrons. The summed E-state index contributed by atoms with van der Waals surface area (Å²) in [6.07, 6.45) is 14.4. The van der Waals surface area contributed by atoms with E-state index in [2.05, 4.69) is 19.1 Å². The molecule has 2 rings (SSSR count). The largest absolute Gasteiger partial charge is 0.481 e. The molecular formula is C29H48O4P+. The first-order chi connectivity index (χ1) is 16.2. The second kappa shape index (κ2) is 14.8. The highest BCUT2D eigenvalue weighted by Gasteiger charge is 2.57. The first kappa shape index (κ1) is 30.5. The Hall–Kier alpha value is -1.54. The summed E-state index contributed by atoms with van der Waals surface area (Å²) in [5.74, 6) is -0.713. The predicted octanol–water partition coefficient (Wildman–Crippen LogP) is 8.57. The third-order valence-corrected chi connectivity index (χ3v) is 8.10. The van der Waals surface area contributed by atoms with Gasteiger partial charge in [0.05, 0.1) is 5.41 Å². The van der Waals surface area contributed by atoms with E-state index in [-0.39, 0.29) is 5.78 Å². The van der Waals surface area contributed by atoms with Crippen molar-refractivity contribution in [3.63, 3.8) is 0 Å². The van der Waals surface area contributed by atoms with E-state index >= 15 is 0 Å². The number of aliphatic carboxylic acids is 1. The molecule has 34 heavy (non-hydrogen) atoms. The van der Waals surface area contributed by atoms with E-state index < -0.39 is 16.8 Å². The van der Waals surface area contributed by atoms with Crippen LogP contribution >= 0.6 is 9.12 Å². The van der Waals surface area contributed by atoms with E-state index in [4.69, 9.17) is 4.57 Å². The topological polar surface area (TPSA) is 71.4 Å². The van der Waals surface area contributed by atoms with Crippen LogP contribution in [0.15, 0.2) is 12.1 Å². The normalized spacial score (nSPS) is 16.7. The van der Waals surface area contributed by atoms with Crippen LogP contribution in [0.3, 0.4) is 0 Å². The van der Waals surface area contributed by atoms with Gasteiger partial charge in [0, 0.05) is 11.0 Å². The lowest BCUT2D eigenvalue weighted by Gasteiger charge is -2.48. The van der Waals surface area contributed by atoms with Crippen molar-refractivity contribution >= 4 is 20.9 Å². The Kier molecular flexibility index (Phi) is 13.2. The average molecular weight is 492 g/mol. The Balaban J connectivity index is 0.00000281. The number of ketones is 1. The van der Waals surface area contributed by atoms with Crippen LogP contribution < -0.4 is 0 Å². The molecule has 0 bridgehead atoms. The first-order valence-electron chi connectivity index (χ1n) is 13.3. The molecule has 1 fully saturated rings. The van der Waals surface area contributed by atoms with Crippen molar-refractivity contribution in [2.24, 2.45) is 10.8 Å². The molecule has 0 aliphatic heterocycles. The van der Waals surface area contributed by atoms with E-state index in [0.717, 1.165) is 60.8 Å². The fourth-order valence-corrected chi connectivity index (χ4v) is 6.13. The van der Waals surface area contributed by atoms with Crippen molar-refractivity contribution < 1.29 is 19.3 Å². The van der Waals surface area contributed by atoms with Crippen molar-refractivity contribution in [2.45, 2.75) is 125 Å². The fourth-order valence-electron chi connectivity index (χ4n) is 6.13. The van der Waals surface area contributed by atoms with Gasteiger partial charge in [0.2, 0.25) is 0 Å². The molecule has 0 spiro atoms. The number of hydrogen-bond donors (Lipinski definition) is 1. The van der Waals surface area contributed by atoms with Gasteiger partial charge in [0.1, 0.15) is 0 Å². The molecule has 1 aliphatic carbocycles. The molecule has 2 unspecified atom stereocenters. The zero-order valence-corrected chi connectivity index (χ0v) is 23.5. The van der Waals surface area contributed by atoms with Gasteiger partial charge < -0.3 is 5.11 Å². The summed E-state index contributed by atoms with van der Waals surface area (Å²) < 4.78 is 8.17. The van der Waals surface area contributed by atoms with Crippen molar-refractivity contribution in [1.29, 1.82) is 0 Å². The summed E-state index contributed by atoms with van der Waals surface area (Å²) in [7, 11) is 1.17. The zero-order chi connectivity index (χ0) is 25.8. The highest BCUT2D eigenvalue weighted by molar-refractivity contribution is 7.00. The number of rotatable bonds is 13. The van der Waals surface area contributed by atoms with E-state index in [9.17, 15) is 14.7 Å². The third-order valence-electron chi connectivity index (χ3n) is 8.10. The average Bonchev–Trinajstić information content (AvgIpc) is 2.81. The summed E-state index contributed by atoms with van der Waals surface area (Å²) in [6.45, 7) is 10.2. The van der Waals surface area contributed by atoms with Gasteiger partial charge >= 0.3 is 15.1 Å². The van der Waals surface area contributed by atoms with Gasteiger partial charge in [-0.15, -0.1) is 0 Å². The van der Waals surface area contributed by atoms with Crippen LogP contribution in [0.2, 0.25) is 0 Å². The quantitative estimate of drug-likeness (QED) is 0.170. The van der Waals surface area contributed by atoms with Crippen LogP contribution in [0.1, 0.15) is 131 Å². The number of carboxylic acid groups (broad SMARTS) is 1. The summed E-state index contributed by atoms with van der Waals surface area (Å²) in [5, 5.41) is 10.5. The highest BCUT2D eigenvalue weighted by atomic mass is 31.0. The minimum absolute atomic E-state index is 0.0802. The maximum Gasteiger partial charge on any atom is 0.310 e. The summed E-state index contributed by atoms with van der Waals surface area (Å²) in [4.78, 5) is 27.0. The maximum absolute atomic E-state index is 14.2. The minimum atomic E-state index is -1.02. The molecule has 1 aromatic rings. The highest BCUT2D eigenvalue weighted by Crippen LogP contribution is 2.55. The number of Topliss-reactive ketones (excluding diaryl/α,β-unsaturated/α-hetero) is 1. The van der Waals surface area contributed by atoms with E-state index in [1.807, 2.05) is 27.7 Å². The molecule has 1 N–H and O–H groups in total. The second-order valence-electron chi connectivity index (χ2n) is 10.6. The van der Waals surface area contributed by atoms with Gasteiger partial charge in [-0.25, -0.2) is 0 Å². The van der Waals surface area contributed by atoms with Crippen molar-refractivity contribution in [3.8, 4) is 0 Å². The molecule has 0 amide bonds. The lowest BCUT2D eigenvalue weighted by Crippen LogP contribution is -2.52. The Morgan fingerprint density at radius 2 is 1.35 bits per heavy atom.